The molecule has 0 aromatic rings. The van der Waals surface area contributed by atoms with E-state index in [1.165, 1.54) is 0 Å². The molecule has 2 N–H and O–H groups in total. The van der Waals surface area contributed by atoms with E-state index in [2.05, 4.69) is 5.14 Å². The van der Waals surface area contributed by atoms with Crippen LogP contribution in [0.3, 0.4) is 0 Å². The third-order valence-corrected chi connectivity index (χ3v) is 5.16. The van der Waals surface area contributed by atoms with Gasteiger partial charge in [-0.25, -0.2) is 17.9 Å². The van der Waals surface area contributed by atoms with E-state index in [-0.39, 0.29) is 0 Å². The fourth-order valence-corrected chi connectivity index (χ4v) is 2.83. The van der Waals surface area contributed by atoms with Gasteiger partial charge in [0.05, 0.1) is 0 Å². The van der Waals surface area contributed by atoms with Gasteiger partial charge in [0.1, 0.15) is 0 Å². The summed E-state index contributed by atoms with van der Waals surface area (Å²) in [7, 11) is -7.05. The summed E-state index contributed by atoms with van der Waals surface area (Å²) in [6, 6.07) is 0. The van der Waals surface area contributed by atoms with Gasteiger partial charge in [-0.15, -0.1) is 0 Å². The number of hydrogen-bond donors (Lipinski definition) is 1. The molecule has 0 fully saturated rings. The van der Waals surface area contributed by atoms with Crippen LogP contribution in [-0.4, -0.2) is 55.1 Å². The van der Waals surface area contributed by atoms with Crippen molar-refractivity contribution in [3.63, 3.8) is 0 Å². The molecule has 0 radical (unpaired) electrons. The van der Waals surface area contributed by atoms with Crippen LogP contribution in [0.1, 0.15) is 26.2 Å². The van der Waals surface area contributed by atoms with E-state index in [9.17, 15) is 78.7 Å². The molecule has 1 unspecified atom stereocenters. The summed E-state index contributed by atoms with van der Waals surface area (Å²) in [5, 5.41) is -3.21. The van der Waals surface area contributed by atoms with Crippen molar-refractivity contribution >= 4 is 10.0 Å². The fourth-order valence-electron chi connectivity index (χ4n) is 2.15. The van der Waals surface area contributed by atoms with Gasteiger partial charge in [-0.1, -0.05) is 19.8 Å². The molecule has 0 saturated carbocycles. The molecular formula is C12H11F16NO2S. The van der Waals surface area contributed by atoms with Crippen LogP contribution in [-0.2, 0) is 10.0 Å². The number of alkyl halides is 16. The summed E-state index contributed by atoms with van der Waals surface area (Å²) in [6.45, 7) is 0.832. The van der Waals surface area contributed by atoms with Gasteiger partial charge in [-0.05, 0) is 6.42 Å². The summed E-state index contributed by atoms with van der Waals surface area (Å²) in [6.07, 6.45) is -12.8. The van der Waals surface area contributed by atoms with E-state index in [0.29, 0.717) is 0 Å². The minimum atomic E-state index is -8.58. The molecule has 0 heterocycles. The molecule has 0 aliphatic carbocycles. The SMILES string of the molecule is CCCCC(F)(C(F)(F)C(F)(F)C(F)(F)C(F)(F)C(F)(F)C(F)(F)F)C(F)(F)S(N)(=O)=O. The Bertz CT molecular complexity index is 789. The average molecular weight is 537 g/mol. The number of primary sulfonamides is 1. The Hall–Kier alpha value is -1.21. The van der Waals surface area contributed by atoms with E-state index in [1.807, 2.05) is 0 Å². The highest BCUT2D eigenvalue weighted by molar-refractivity contribution is 7.90. The second kappa shape index (κ2) is 7.93. The van der Waals surface area contributed by atoms with Crippen LogP contribution in [0.5, 0.6) is 0 Å². The second-order valence-corrected chi connectivity index (χ2v) is 7.94. The Morgan fingerprint density at radius 3 is 1.19 bits per heavy atom. The molecule has 0 amide bonds. The van der Waals surface area contributed by atoms with E-state index in [4.69, 9.17) is 0 Å². The molecule has 20 heteroatoms. The van der Waals surface area contributed by atoms with Crippen LogP contribution in [0.15, 0.2) is 0 Å². The largest absolute Gasteiger partial charge is 0.460 e. The molecule has 0 spiro atoms. The Morgan fingerprint density at radius 2 is 0.906 bits per heavy atom. The molecule has 0 aliphatic rings. The molecule has 1 atom stereocenters. The first-order valence-corrected chi connectivity index (χ1v) is 9.15. The minimum Gasteiger partial charge on any atom is -0.229 e. The summed E-state index contributed by atoms with van der Waals surface area (Å²) in [5.41, 5.74) is -6.78. The summed E-state index contributed by atoms with van der Waals surface area (Å²) in [5.74, 6) is -41.7. The molecule has 0 saturated heterocycles. The number of unbranched alkanes of at least 4 members (excludes halogenated alkanes) is 1. The highest BCUT2D eigenvalue weighted by Gasteiger charge is 2.95. The lowest BCUT2D eigenvalue weighted by Crippen LogP contribution is -2.76. The maximum absolute atomic E-state index is 14.5. The van der Waals surface area contributed by atoms with Crippen LogP contribution in [0.25, 0.3) is 0 Å². The topological polar surface area (TPSA) is 60.2 Å². The van der Waals surface area contributed by atoms with Crippen molar-refractivity contribution in [2.24, 2.45) is 5.14 Å². The molecule has 32 heavy (non-hydrogen) atoms. The van der Waals surface area contributed by atoms with Crippen molar-refractivity contribution in [1.29, 1.82) is 0 Å². The minimum absolute atomic E-state index is 0.729. The number of nitrogens with two attached hydrogens (primary N) is 1. The van der Waals surface area contributed by atoms with Crippen LogP contribution >= 0.6 is 0 Å². The lowest BCUT2D eigenvalue weighted by Gasteiger charge is -2.45. The smallest absolute Gasteiger partial charge is 0.229 e. The fraction of sp³-hybridized carbons (Fsp3) is 1.00. The first kappa shape index (κ1) is 30.8. The van der Waals surface area contributed by atoms with Gasteiger partial charge in [0.15, 0.2) is 0 Å². The second-order valence-electron chi connectivity index (χ2n) is 6.34. The monoisotopic (exact) mass is 537 g/mol. The highest BCUT2D eigenvalue weighted by atomic mass is 32.2. The Morgan fingerprint density at radius 1 is 0.594 bits per heavy atom. The van der Waals surface area contributed by atoms with E-state index < -0.39 is 76.0 Å². The molecule has 0 bridgehead atoms. The van der Waals surface area contributed by atoms with Gasteiger partial charge in [0.2, 0.25) is 0 Å². The van der Waals surface area contributed by atoms with Gasteiger partial charge < -0.3 is 0 Å². The van der Waals surface area contributed by atoms with Crippen LogP contribution in [0.2, 0.25) is 0 Å². The predicted octanol–water partition coefficient (Wildman–Crippen LogP) is 5.51. The zero-order valence-corrected chi connectivity index (χ0v) is 15.8. The van der Waals surface area contributed by atoms with Crippen molar-refractivity contribution in [2.75, 3.05) is 0 Å². The highest BCUT2D eigenvalue weighted by Crippen LogP contribution is 2.64. The zero-order valence-electron chi connectivity index (χ0n) is 15.0. The summed E-state index contributed by atoms with van der Waals surface area (Å²) in [4.78, 5) is 0. The summed E-state index contributed by atoms with van der Waals surface area (Å²) >= 11 is 0. The first-order valence-electron chi connectivity index (χ1n) is 7.61. The standard InChI is InChI=1S/C12H11F16NO2S/c1-2-3-4-5(13,12(27,28)32(29,30)31)6(14,15)7(16,17)8(18,19)9(20,21)10(22,23)11(24,25)26/h2-4H2,1H3,(H2,29,30,31). The van der Waals surface area contributed by atoms with Gasteiger partial charge in [0, 0.05) is 0 Å². The van der Waals surface area contributed by atoms with Crippen molar-refractivity contribution < 1.29 is 78.7 Å². The zero-order chi connectivity index (χ0) is 26.6. The molecule has 0 aromatic carbocycles. The molecule has 0 aliphatic heterocycles. The molecule has 0 aromatic heterocycles. The maximum Gasteiger partial charge on any atom is 0.460 e. The quantitative estimate of drug-likeness (QED) is 0.374. The summed E-state index contributed by atoms with van der Waals surface area (Å²) < 4.78 is 234. The van der Waals surface area contributed by atoms with E-state index in [1.54, 1.807) is 0 Å². The number of rotatable bonds is 10. The van der Waals surface area contributed by atoms with Gasteiger partial charge in [0.25, 0.3) is 15.7 Å². The molecule has 3 nitrogen and oxygen atoms in total. The third kappa shape index (κ3) is 3.87. The first-order chi connectivity index (χ1) is 13.6. The normalized spacial score (nSPS) is 17.9. The van der Waals surface area contributed by atoms with Gasteiger partial charge in [-0.2, -0.15) is 65.9 Å². The Balaban J connectivity index is 7.17. The van der Waals surface area contributed by atoms with Crippen molar-refractivity contribution in [1.82, 2.24) is 0 Å². The lowest BCUT2D eigenvalue weighted by molar-refractivity contribution is -0.451. The number of hydrogen-bond acceptors (Lipinski definition) is 2. The Labute approximate surface area is 168 Å². The predicted molar refractivity (Wildman–Crippen MR) is 72.2 cm³/mol. The van der Waals surface area contributed by atoms with Crippen molar-refractivity contribution in [3.8, 4) is 0 Å². The van der Waals surface area contributed by atoms with Crippen molar-refractivity contribution in [3.05, 3.63) is 0 Å². The lowest BCUT2D eigenvalue weighted by atomic mass is 9.82. The number of halogens is 16. The van der Waals surface area contributed by atoms with Gasteiger partial charge in [-0.3, -0.25) is 0 Å². The van der Waals surface area contributed by atoms with Crippen molar-refractivity contribution in [2.45, 2.75) is 72.9 Å². The number of sulfonamides is 1. The molecular weight excluding hydrogens is 526 g/mol. The Kier molecular flexibility index (Phi) is 7.63. The maximum atomic E-state index is 14.5. The van der Waals surface area contributed by atoms with E-state index in [0.717, 1.165) is 6.92 Å². The third-order valence-electron chi connectivity index (χ3n) is 4.12. The molecule has 194 valence electrons. The molecule has 0 rings (SSSR count). The van der Waals surface area contributed by atoms with Crippen LogP contribution < -0.4 is 5.14 Å². The van der Waals surface area contributed by atoms with Crippen LogP contribution in [0.4, 0.5) is 70.2 Å². The van der Waals surface area contributed by atoms with E-state index >= 15 is 0 Å². The van der Waals surface area contributed by atoms with Gasteiger partial charge >= 0.3 is 41.0 Å². The van der Waals surface area contributed by atoms with Crippen LogP contribution in [0, 0.1) is 0 Å². The average Bonchev–Trinajstić information content (AvgIpc) is 2.56.